The normalized spacial score (nSPS) is 10.0. The van der Waals surface area contributed by atoms with Crippen molar-refractivity contribution in [3.05, 3.63) is 60.4 Å². The second kappa shape index (κ2) is 4.30. The van der Waals surface area contributed by atoms with Crippen LogP contribution in [-0.2, 0) is 0 Å². The van der Waals surface area contributed by atoms with E-state index >= 15 is 0 Å². The molecule has 0 aliphatic rings. The first-order valence-electron chi connectivity index (χ1n) is 5.08. The molecule has 0 fully saturated rings. The molecule has 0 N–H and O–H groups in total. The lowest BCUT2D eigenvalue weighted by molar-refractivity contribution is 0.635. The van der Waals surface area contributed by atoms with Crippen LogP contribution < -0.4 is 10.9 Å². The molecular formula is C13H12BF. The van der Waals surface area contributed by atoms with Crippen LogP contribution in [0.1, 0.15) is 0 Å². The second-order valence-electron chi connectivity index (χ2n) is 3.65. The van der Waals surface area contributed by atoms with E-state index in [0.29, 0.717) is 0 Å². The third-order valence-corrected chi connectivity index (χ3v) is 2.67. The van der Waals surface area contributed by atoms with Crippen LogP contribution in [0.25, 0.3) is 0 Å². The van der Waals surface area contributed by atoms with Crippen molar-refractivity contribution in [3.8, 4) is 0 Å². The van der Waals surface area contributed by atoms with E-state index in [2.05, 4.69) is 0 Å². The molecule has 2 aromatic rings. The van der Waals surface area contributed by atoms with Gasteiger partial charge in [0, 0.05) is 0 Å². The van der Waals surface area contributed by atoms with Crippen LogP contribution in [0.3, 0.4) is 0 Å². The minimum atomic E-state index is -0.131. The van der Waals surface area contributed by atoms with Crippen LogP contribution in [0, 0.1) is 5.82 Å². The molecular weight excluding hydrogens is 186 g/mol. The smallest absolute Gasteiger partial charge is 0.208 e. The van der Waals surface area contributed by atoms with E-state index in [0.717, 1.165) is 10.9 Å². The fourth-order valence-electron chi connectivity index (χ4n) is 1.75. The van der Waals surface area contributed by atoms with Crippen molar-refractivity contribution in [1.82, 2.24) is 0 Å². The molecule has 0 unspecified atom stereocenters. The fourth-order valence-corrected chi connectivity index (χ4v) is 1.75. The second-order valence-corrected chi connectivity index (χ2v) is 3.65. The molecule has 0 atom stereocenters. The summed E-state index contributed by atoms with van der Waals surface area (Å²) in [4.78, 5) is 0. The van der Waals surface area contributed by atoms with Crippen LogP contribution in [-0.4, -0.2) is 6.71 Å². The Hall–Kier alpha value is -1.57. The summed E-state index contributed by atoms with van der Waals surface area (Å²) >= 11 is 0. The molecule has 2 heteroatoms. The maximum absolute atomic E-state index is 13.5. The van der Waals surface area contributed by atoms with Gasteiger partial charge in [-0.1, -0.05) is 60.8 Å². The summed E-state index contributed by atoms with van der Waals surface area (Å²) in [5.41, 5.74) is 1.89. The molecule has 0 bridgehead atoms. The summed E-state index contributed by atoms with van der Waals surface area (Å²) in [6.45, 7) is 2.13. The van der Waals surface area contributed by atoms with Gasteiger partial charge in [0.2, 0.25) is 6.71 Å². The maximum atomic E-state index is 13.5. The molecule has 0 amide bonds. The first-order chi connectivity index (χ1) is 7.29. The molecule has 0 spiro atoms. The van der Waals surface area contributed by atoms with Crippen LogP contribution in [0.5, 0.6) is 0 Å². The molecule has 0 radical (unpaired) electrons. The average Bonchev–Trinajstić information content (AvgIpc) is 2.30. The van der Waals surface area contributed by atoms with Crippen LogP contribution in [0.2, 0.25) is 6.82 Å². The summed E-state index contributed by atoms with van der Waals surface area (Å²) in [6, 6.07) is 16.9. The predicted octanol–water partition coefficient (Wildman–Crippen LogP) is 2.06. The molecule has 0 nitrogen and oxygen atoms in total. The van der Waals surface area contributed by atoms with E-state index < -0.39 is 0 Å². The van der Waals surface area contributed by atoms with Gasteiger partial charge in [-0.2, -0.15) is 0 Å². The molecule has 0 saturated carbocycles. The Morgan fingerprint density at radius 3 is 2.13 bits per heavy atom. The molecule has 0 aliphatic heterocycles. The van der Waals surface area contributed by atoms with Crippen molar-refractivity contribution >= 4 is 17.6 Å². The average molecular weight is 198 g/mol. The summed E-state index contributed by atoms with van der Waals surface area (Å²) in [5.74, 6) is -0.131. The minimum absolute atomic E-state index is 0.104. The van der Waals surface area contributed by atoms with E-state index in [1.165, 1.54) is 6.07 Å². The summed E-state index contributed by atoms with van der Waals surface area (Å²) in [5, 5.41) is 0. The topological polar surface area (TPSA) is 0 Å². The molecule has 0 aliphatic carbocycles. The number of rotatable bonds is 2. The zero-order chi connectivity index (χ0) is 10.7. The highest BCUT2D eigenvalue weighted by Gasteiger charge is 2.15. The van der Waals surface area contributed by atoms with E-state index in [4.69, 9.17) is 0 Å². The molecule has 0 aromatic heterocycles. The Morgan fingerprint density at radius 1 is 0.867 bits per heavy atom. The Balaban J connectivity index is 2.37. The Morgan fingerprint density at radius 2 is 1.47 bits per heavy atom. The van der Waals surface area contributed by atoms with E-state index in [1.54, 1.807) is 6.07 Å². The highest BCUT2D eigenvalue weighted by molar-refractivity contribution is 6.84. The van der Waals surface area contributed by atoms with Gasteiger partial charge in [0.1, 0.15) is 5.82 Å². The zero-order valence-electron chi connectivity index (χ0n) is 8.65. The Bertz CT molecular complexity index is 439. The van der Waals surface area contributed by atoms with Gasteiger partial charge in [0.15, 0.2) is 0 Å². The Labute approximate surface area is 89.8 Å². The van der Waals surface area contributed by atoms with Gasteiger partial charge in [-0.05, 0) is 11.5 Å². The Kier molecular flexibility index (Phi) is 2.86. The van der Waals surface area contributed by atoms with Gasteiger partial charge in [-0.3, -0.25) is 0 Å². The predicted molar refractivity (Wildman–Crippen MR) is 63.7 cm³/mol. The molecule has 0 saturated heterocycles. The number of benzene rings is 2. The van der Waals surface area contributed by atoms with Crippen LogP contribution in [0.4, 0.5) is 4.39 Å². The number of halogens is 1. The first-order valence-corrected chi connectivity index (χ1v) is 5.08. The van der Waals surface area contributed by atoms with Crippen molar-refractivity contribution in [1.29, 1.82) is 0 Å². The third kappa shape index (κ3) is 2.09. The van der Waals surface area contributed by atoms with Gasteiger partial charge in [-0.15, -0.1) is 0 Å². The molecule has 0 heterocycles. The maximum Gasteiger partial charge on any atom is 0.210 e. The highest BCUT2D eigenvalue weighted by atomic mass is 19.1. The summed E-state index contributed by atoms with van der Waals surface area (Å²) < 4.78 is 13.5. The van der Waals surface area contributed by atoms with Crippen molar-refractivity contribution in [2.24, 2.45) is 0 Å². The van der Waals surface area contributed by atoms with Crippen molar-refractivity contribution in [2.75, 3.05) is 0 Å². The molecule has 2 rings (SSSR count). The summed E-state index contributed by atoms with van der Waals surface area (Å²) in [7, 11) is 0. The zero-order valence-corrected chi connectivity index (χ0v) is 8.65. The lowest BCUT2D eigenvalue weighted by atomic mass is 9.42. The standard InChI is InChI=1S/C13H12BF/c1-14(11-7-3-2-4-8-11)12-9-5-6-10-13(12)15/h2-10H,1H3. The van der Waals surface area contributed by atoms with Gasteiger partial charge in [0.25, 0.3) is 0 Å². The van der Waals surface area contributed by atoms with Gasteiger partial charge < -0.3 is 0 Å². The fraction of sp³-hybridized carbons (Fsp3) is 0.0769. The molecule has 2 aromatic carbocycles. The lowest BCUT2D eigenvalue weighted by Gasteiger charge is -2.09. The highest BCUT2D eigenvalue weighted by Crippen LogP contribution is 1.97. The van der Waals surface area contributed by atoms with Crippen LogP contribution in [0.15, 0.2) is 54.6 Å². The summed E-state index contributed by atoms with van der Waals surface area (Å²) in [6.07, 6.45) is 0. The number of hydrogen-bond acceptors (Lipinski definition) is 0. The quantitative estimate of drug-likeness (QED) is 0.648. The molecule has 15 heavy (non-hydrogen) atoms. The van der Waals surface area contributed by atoms with Crippen molar-refractivity contribution in [2.45, 2.75) is 6.82 Å². The van der Waals surface area contributed by atoms with E-state index in [1.807, 2.05) is 49.3 Å². The lowest BCUT2D eigenvalue weighted by Crippen LogP contribution is -2.40. The SMILES string of the molecule is CB(c1ccccc1)c1ccccc1F. The monoisotopic (exact) mass is 198 g/mol. The first kappa shape index (κ1) is 9.97. The van der Waals surface area contributed by atoms with E-state index in [-0.39, 0.29) is 12.5 Å². The largest absolute Gasteiger partial charge is 0.210 e. The minimum Gasteiger partial charge on any atom is -0.208 e. The van der Waals surface area contributed by atoms with Gasteiger partial charge in [-0.25, -0.2) is 4.39 Å². The van der Waals surface area contributed by atoms with Crippen molar-refractivity contribution < 1.29 is 4.39 Å². The van der Waals surface area contributed by atoms with E-state index in [9.17, 15) is 4.39 Å². The van der Waals surface area contributed by atoms with Crippen molar-refractivity contribution in [3.63, 3.8) is 0 Å². The van der Waals surface area contributed by atoms with Gasteiger partial charge in [0.05, 0.1) is 0 Å². The third-order valence-electron chi connectivity index (χ3n) is 2.67. The molecule has 74 valence electrons. The van der Waals surface area contributed by atoms with Crippen LogP contribution >= 0.6 is 0 Å². The number of hydrogen-bond donors (Lipinski definition) is 0. The van der Waals surface area contributed by atoms with Gasteiger partial charge >= 0.3 is 0 Å².